The molecule has 0 atom stereocenters. The van der Waals surface area contributed by atoms with E-state index in [-0.39, 0.29) is 28.3 Å². The smallest absolute Gasteiger partial charge is 0.149 e. The summed E-state index contributed by atoms with van der Waals surface area (Å²) in [7, 11) is 0. The highest BCUT2D eigenvalue weighted by Gasteiger charge is 2.15. The zero-order valence-corrected chi connectivity index (χ0v) is 10.3. The fraction of sp³-hybridized carbons (Fsp3) is 0.143. The number of benzene rings is 2. The summed E-state index contributed by atoms with van der Waals surface area (Å²) >= 11 is 0. The Morgan fingerprint density at radius 2 is 1.61 bits per heavy atom. The van der Waals surface area contributed by atoms with Gasteiger partial charge >= 0.3 is 0 Å². The average Bonchev–Trinajstić information content (AvgIpc) is 2.39. The topological polar surface area (TPSA) is 66.5 Å². The molecule has 0 saturated heterocycles. The maximum absolute atomic E-state index is 13.6. The van der Waals surface area contributed by atoms with Crippen LogP contribution < -0.4 is 5.73 Å². The van der Waals surface area contributed by atoms with Gasteiger partial charge in [0.1, 0.15) is 17.3 Å². The summed E-state index contributed by atoms with van der Waals surface area (Å²) in [5.74, 6) is -1.10. The molecule has 0 fully saturated rings. The van der Waals surface area contributed by atoms with Crippen LogP contribution in [0.2, 0.25) is 0 Å². The van der Waals surface area contributed by atoms with Gasteiger partial charge in [0.15, 0.2) is 0 Å². The fourth-order valence-corrected chi connectivity index (χ4v) is 1.52. The molecule has 4 heteroatoms. The molecule has 2 aromatic rings. The summed E-state index contributed by atoms with van der Waals surface area (Å²) in [6, 6.07) is 8.59. The molecule has 0 aromatic heterocycles. The van der Waals surface area contributed by atoms with Crippen molar-refractivity contribution in [1.82, 2.24) is 0 Å². The van der Waals surface area contributed by atoms with Crippen LogP contribution in [0.15, 0.2) is 36.4 Å². The molecule has 96 valence electrons. The van der Waals surface area contributed by atoms with Gasteiger partial charge in [0.25, 0.3) is 0 Å². The number of hydrogen-bond donors (Lipinski definition) is 3. The zero-order valence-electron chi connectivity index (χ0n) is 10.3. The van der Waals surface area contributed by atoms with Crippen molar-refractivity contribution in [3.63, 3.8) is 0 Å². The molecule has 0 aliphatic carbocycles. The molecular weight excluding hydrogens is 233 g/mol. The minimum atomic E-state index is -0.631. The van der Waals surface area contributed by atoms with Gasteiger partial charge in [-0.1, -0.05) is 32.0 Å². The van der Waals surface area contributed by atoms with Gasteiger partial charge in [-0.15, -0.1) is 0 Å². The van der Waals surface area contributed by atoms with Crippen LogP contribution in [0.1, 0.15) is 13.8 Å². The van der Waals surface area contributed by atoms with Gasteiger partial charge in [-0.25, -0.2) is 4.39 Å². The number of para-hydroxylation sites is 1. The lowest BCUT2D eigenvalue weighted by Crippen LogP contribution is -1.92. The Bertz CT molecular complexity index is 541. The number of nitrogen functional groups attached to an aromatic ring is 1. The fourth-order valence-electron chi connectivity index (χ4n) is 1.52. The summed E-state index contributed by atoms with van der Waals surface area (Å²) < 4.78 is 13.6. The number of nitrogens with two attached hydrogens (primary N) is 1. The minimum Gasteiger partial charge on any atom is -0.507 e. The molecule has 0 saturated carbocycles. The summed E-state index contributed by atoms with van der Waals surface area (Å²) in [5.41, 5.74) is 5.68. The number of rotatable bonds is 1. The summed E-state index contributed by atoms with van der Waals surface area (Å²) in [6.07, 6.45) is 0. The molecule has 0 bridgehead atoms. The van der Waals surface area contributed by atoms with E-state index in [1.165, 1.54) is 18.2 Å². The highest BCUT2D eigenvalue weighted by Crippen LogP contribution is 2.39. The predicted molar refractivity (Wildman–Crippen MR) is 70.9 cm³/mol. The molecule has 2 rings (SSSR count). The Labute approximate surface area is 105 Å². The number of phenolic OH excluding ortho intramolecular Hbond substituents is 2. The van der Waals surface area contributed by atoms with E-state index in [4.69, 9.17) is 5.73 Å². The standard InChI is InChI=1S/C12H10FNO2.C2H6/c13-8-5-6-9(14)12(16)11(8)7-3-1-2-4-10(7)15;1-2/h1-6,15-16H,14H2;1-2H3. The van der Waals surface area contributed by atoms with Crippen LogP contribution >= 0.6 is 0 Å². The van der Waals surface area contributed by atoms with Crippen molar-refractivity contribution in [3.05, 3.63) is 42.2 Å². The van der Waals surface area contributed by atoms with Crippen molar-refractivity contribution in [1.29, 1.82) is 0 Å². The van der Waals surface area contributed by atoms with Gasteiger partial charge in [-0.05, 0) is 18.2 Å². The van der Waals surface area contributed by atoms with E-state index in [0.29, 0.717) is 0 Å². The second-order valence-electron chi connectivity index (χ2n) is 3.38. The van der Waals surface area contributed by atoms with E-state index in [1.54, 1.807) is 12.1 Å². The summed E-state index contributed by atoms with van der Waals surface area (Å²) in [6.45, 7) is 4.00. The predicted octanol–water partition coefficient (Wildman–Crippen LogP) is 3.51. The molecule has 0 amide bonds. The molecule has 0 unspecified atom stereocenters. The van der Waals surface area contributed by atoms with Crippen LogP contribution in [0.3, 0.4) is 0 Å². The maximum atomic E-state index is 13.6. The third kappa shape index (κ3) is 2.53. The monoisotopic (exact) mass is 249 g/mol. The first-order valence-electron chi connectivity index (χ1n) is 5.66. The van der Waals surface area contributed by atoms with Gasteiger partial charge in [-0.2, -0.15) is 0 Å². The van der Waals surface area contributed by atoms with Crippen LogP contribution in [0.25, 0.3) is 11.1 Å². The van der Waals surface area contributed by atoms with E-state index in [1.807, 2.05) is 13.8 Å². The van der Waals surface area contributed by atoms with Gasteiger partial charge in [0.05, 0.1) is 11.3 Å². The largest absolute Gasteiger partial charge is 0.507 e. The van der Waals surface area contributed by atoms with Crippen molar-refractivity contribution in [2.45, 2.75) is 13.8 Å². The van der Waals surface area contributed by atoms with Crippen LogP contribution in [-0.2, 0) is 0 Å². The van der Waals surface area contributed by atoms with Crippen LogP contribution in [0, 0.1) is 5.82 Å². The van der Waals surface area contributed by atoms with Gasteiger partial charge in [0, 0.05) is 5.56 Å². The maximum Gasteiger partial charge on any atom is 0.149 e. The highest BCUT2D eigenvalue weighted by molar-refractivity contribution is 5.80. The van der Waals surface area contributed by atoms with Crippen molar-refractivity contribution in [2.24, 2.45) is 0 Å². The van der Waals surface area contributed by atoms with Crippen molar-refractivity contribution in [3.8, 4) is 22.6 Å². The molecule has 2 aromatic carbocycles. The number of phenols is 2. The third-order valence-corrected chi connectivity index (χ3v) is 2.33. The van der Waals surface area contributed by atoms with E-state index < -0.39 is 5.82 Å². The first-order chi connectivity index (χ1) is 8.61. The molecule has 0 aliphatic heterocycles. The molecule has 0 heterocycles. The summed E-state index contributed by atoms with van der Waals surface area (Å²) in [5, 5.41) is 19.3. The lowest BCUT2D eigenvalue weighted by Gasteiger charge is -2.09. The Hall–Kier alpha value is -2.23. The second kappa shape index (κ2) is 5.91. The molecule has 18 heavy (non-hydrogen) atoms. The number of aromatic hydroxyl groups is 2. The molecule has 4 N–H and O–H groups in total. The van der Waals surface area contributed by atoms with E-state index in [9.17, 15) is 14.6 Å². The normalized spacial score (nSPS) is 9.50. The Morgan fingerprint density at radius 1 is 1.00 bits per heavy atom. The Morgan fingerprint density at radius 3 is 2.22 bits per heavy atom. The van der Waals surface area contributed by atoms with E-state index >= 15 is 0 Å². The number of hydrogen-bond acceptors (Lipinski definition) is 3. The first-order valence-corrected chi connectivity index (χ1v) is 5.66. The van der Waals surface area contributed by atoms with Gasteiger partial charge < -0.3 is 15.9 Å². The molecular formula is C14H16FNO2. The van der Waals surface area contributed by atoms with Crippen molar-refractivity contribution >= 4 is 5.69 Å². The molecule has 3 nitrogen and oxygen atoms in total. The van der Waals surface area contributed by atoms with Crippen LogP contribution in [0.4, 0.5) is 10.1 Å². The third-order valence-electron chi connectivity index (χ3n) is 2.33. The highest BCUT2D eigenvalue weighted by atomic mass is 19.1. The number of anilines is 1. The molecule has 0 aliphatic rings. The lowest BCUT2D eigenvalue weighted by molar-refractivity contribution is 0.466. The van der Waals surface area contributed by atoms with Gasteiger partial charge in [0.2, 0.25) is 0 Å². The average molecular weight is 249 g/mol. The molecule has 0 spiro atoms. The minimum absolute atomic E-state index is 0.0691. The van der Waals surface area contributed by atoms with Crippen LogP contribution in [0.5, 0.6) is 11.5 Å². The summed E-state index contributed by atoms with van der Waals surface area (Å²) in [4.78, 5) is 0. The van der Waals surface area contributed by atoms with Crippen LogP contribution in [-0.4, -0.2) is 10.2 Å². The quantitative estimate of drug-likeness (QED) is 0.535. The van der Waals surface area contributed by atoms with Crippen molar-refractivity contribution < 1.29 is 14.6 Å². The lowest BCUT2D eigenvalue weighted by atomic mass is 10.0. The Balaban J connectivity index is 0.000000771. The number of halogens is 1. The van der Waals surface area contributed by atoms with Gasteiger partial charge in [-0.3, -0.25) is 0 Å². The first kappa shape index (κ1) is 13.8. The SMILES string of the molecule is CC.Nc1ccc(F)c(-c2ccccc2O)c1O. The van der Waals surface area contributed by atoms with Crippen molar-refractivity contribution in [2.75, 3.05) is 5.73 Å². The molecule has 0 radical (unpaired) electrons. The zero-order chi connectivity index (χ0) is 13.7. The Kier molecular flexibility index (Phi) is 4.54. The van der Waals surface area contributed by atoms with E-state index in [2.05, 4.69) is 0 Å². The second-order valence-corrected chi connectivity index (χ2v) is 3.38. The van der Waals surface area contributed by atoms with E-state index in [0.717, 1.165) is 6.07 Å².